The average molecular weight is 1430 g/mol. The van der Waals surface area contributed by atoms with Gasteiger partial charge in [0.1, 0.15) is 6.79 Å². The zero-order valence-electron chi connectivity index (χ0n) is 75.1. The van der Waals surface area contributed by atoms with Crippen molar-refractivity contribution in [3.05, 3.63) is 0 Å². The quantitative estimate of drug-likeness (QED) is 0.184. The van der Waals surface area contributed by atoms with Gasteiger partial charge in [0.05, 0.1) is 66.2 Å². The molecule has 0 aromatic rings. The number of nitrogens with one attached hydrogen (secondary N) is 4. The Morgan fingerprint density at radius 2 is 0.347 bits per heavy atom. The van der Waals surface area contributed by atoms with Gasteiger partial charge in [0.25, 0.3) is 0 Å². The van der Waals surface area contributed by atoms with E-state index in [4.69, 9.17) is 37.9 Å². The molecule has 0 atom stereocenters. The van der Waals surface area contributed by atoms with Gasteiger partial charge in [-0.05, 0) is 133 Å². The second kappa shape index (κ2) is 269. The molecule has 10 fully saturated rings. The van der Waals surface area contributed by atoms with Crippen LogP contribution in [0.4, 0.5) is 0 Å². The van der Waals surface area contributed by atoms with Crippen LogP contribution < -0.4 is 21.3 Å². The van der Waals surface area contributed by atoms with Crippen molar-refractivity contribution in [3.8, 4) is 0 Å². The van der Waals surface area contributed by atoms with Crippen molar-refractivity contribution in [2.45, 2.75) is 373 Å². The van der Waals surface area contributed by atoms with E-state index in [2.05, 4.69) is 44.8 Å². The summed E-state index contributed by atoms with van der Waals surface area (Å²) in [6, 6.07) is 0. The molecule has 0 aromatic carbocycles. The molecule has 4 N–H and O–H groups in total. The van der Waals surface area contributed by atoms with Gasteiger partial charge in [0.15, 0.2) is 0 Å². The van der Waals surface area contributed by atoms with Crippen LogP contribution in [0.5, 0.6) is 0 Å². The minimum Gasteiger partial charge on any atom is -0.381 e. The smallest absolute Gasteiger partial charge is 0.146 e. The highest BCUT2D eigenvalue weighted by atomic mass is 32.2. The number of ether oxygens (including phenoxy) is 8. The maximum Gasteiger partial charge on any atom is 0.146 e. The summed E-state index contributed by atoms with van der Waals surface area (Å²) in [7, 11) is 0. The third kappa shape index (κ3) is 263. The van der Waals surface area contributed by atoms with Crippen LogP contribution in [0, 0.1) is 0 Å². The lowest BCUT2D eigenvalue weighted by atomic mass is 10.2. The number of hydrogen-bond donors (Lipinski definition) is 4. The summed E-state index contributed by atoms with van der Waals surface area (Å²) >= 11 is 4.17. The molecule has 0 amide bonds. The zero-order chi connectivity index (χ0) is 78.9. The van der Waals surface area contributed by atoms with Crippen LogP contribution in [-0.2, 0) is 37.9 Å². The lowest BCUT2D eigenvalue weighted by Gasteiger charge is -2.10. The fraction of sp³-hybridized carbons (Fsp3) is 1.00. The van der Waals surface area contributed by atoms with Crippen molar-refractivity contribution in [1.29, 1.82) is 0 Å². The Hall–Kier alpha value is 0.220. The number of hydrogen-bond acceptors (Lipinski definition) is 14. The molecular formula is C81H206N4O8S2. The van der Waals surface area contributed by atoms with E-state index in [1.807, 2.05) is 277 Å². The maximum absolute atomic E-state index is 5.07. The van der Waals surface area contributed by atoms with Gasteiger partial charge in [0, 0.05) is 46.1 Å². The number of piperidine rings is 1. The van der Waals surface area contributed by atoms with Gasteiger partial charge in [-0.25, -0.2) is 0 Å². The molecule has 14 heteroatoms. The first-order valence-corrected chi connectivity index (χ1v) is 44.4. The first kappa shape index (κ1) is 149. The molecule has 10 aliphatic heterocycles. The average Bonchev–Trinajstić information content (AvgIpc) is 4.65. The molecule has 10 rings (SSSR count). The normalized spacial score (nSPS) is 15.2. The number of rotatable bonds is 0. The van der Waals surface area contributed by atoms with Gasteiger partial charge in [-0.2, -0.15) is 23.5 Å². The molecule has 10 heterocycles. The monoisotopic (exact) mass is 1430 g/mol. The van der Waals surface area contributed by atoms with E-state index in [-0.39, 0.29) is 0 Å². The first-order chi connectivity index (χ1) is 47.5. The Labute approximate surface area is 620 Å². The number of morpholine rings is 1. The van der Waals surface area contributed by atoms with Crippen LogP contribution in [0.2, 0.25) is 0 Å². The maximum atomic E-state index is 5.07. The molecule has 12 nitrogen and oxygen atoms in total. The van der Waals surface area contributed by atoms with Crippen molar-refractivity contribution in [2.75, 3.05) is 168 Å². The van der Waals surface area contributed by atoms with Crippen molar-refractivity contribution in [2.24, 2.45) is 0 Å². The fourth-order valence-corrected chi connectivity index (χ4v) is 7.47. The predicted octanol–water partition coefficient (Wildman–Crippen LogP) is 26.2. The molecular weight excluding hydrogens is 1220 g/mol. The molecule has 0 bridgehead atoms. The van der Waals surface area contributed by atoms with E-state index in [0.29, 0.717) is 6.79 Å². The Morgan fingerprint density at radius 3 is 0.453 bits per heavy atom. The summed E-state index contributed by atoms with van der Waals surface area (Å²) in [5, 5.41) is 12.7. The third-order valence-corrected chi connectivity index (χ3v) is 11.0. The van der Waals surface area contributed by atoms with Crippen LogP contribution >= 0.6 is 23.5 Å². The summed E-state index contributed by atoms with van der Waals surface area (Å²) in [6.07, 6.45) is 20.8. The van der Waals surface area contributed by atoms with Crippen molar-refractivity contribution < 1.29 is 37.9 Å². The second-order valence-corrected chi connectivity index (χ2v) is 16.3. The fourth-order valence-electron chi connectivity index (χ4n) is 5.43. The summed E-state index contributed by atoms with van der Waals surface area (Å²) in [5.41, 5.74) is 0. The molecule has 10 aliphatic rings. The van der Waals surface area contributed by atoms with E-state index >= 15 is 0 Å². The zero-order valence-corrected chi connectivity index (χ0v) is 76.7. The predicted molar refractivity (Wildman–Crippen MR) is 459 cm³/mol. The summed E-state index contributed by atoms with van der Waals surface area (Å²) in [5.74, 6) is 5.67. The SMILES string of the molecule is C1CCNC1.C1CCNCC1.C1CCOC1.C1CCOCC1.C1CCSC1.C1CCSCC1.C1COCCN1.C1COCCO1.C1COCN1.C1COCO1.CC.CC.CC.CC.CC.CC.CC.CC.CC.CC.CC.CC.CC.CC.CC.CC.CC.CC.CC.CC. The van der Waals surface area contributed by atoms with Crippen LogP contribution in [0.3, 0.4) is 0 Å². The topological polar surface area (TPSA) is 122 Å². The molecule has 0 radical (unpaired) electrons. The lowest BCUT2D eigenvalue weighted by molar-refractivity contribution is -0.0334. The van der Waals surface area contributed by atoms with Gasteiger partial charge in [-0.15, -0.1) is 0 Å². The van der Waals surface area contributed by atoms with E-state index in [1.54, 1.807) is 0 Å². The molecule has 95 heavy (non-hydrogen) atoms. The molecule has 10 saturated heterocycles. The second-order valence-electron chi connectivity index (χ2n) is 13.8. The molecule has 0 spiro atoms. The van der Waals surface area contributed by atoms with Gasteiger partial charge in [0.2, 0.25) is 0 Å². The van der Waals surface area contributed by atoms with Crippen molar-refractivity contribution in [3.63, 3.8) is 0 Å². The molecule has 0 saturated carbocycles. The van der Waals surface area contributed by atoms with Crippen molar-refractivity contribution in [1.82, 2.24) is 21.3 Å². The highest BCUT2D eigenvalue weighted by molar-refractivity contribution is 7.99. The van der Waals surface area contributed by atoms with Crippen LogP contribution in [0.1, 0.15) is 373 Å². The van der Waals surface area contributed by atoms with E-state index in [1.165, 1.54) is 146 Å². The Balaban J connectivity index is -0.0000000346. The minimum absolute atomic E-state index is 0.500. The molecule has 0 aromatic heterocycles. The van der Waals surface area contributed by atoms with Crippen molar-refractivity contribution >= 4 is 23.5 Å². The van der Waals surface area contributed by atoms with Gasteiger partial charge >= 0.3 is 0 Å². The highest BCUT2D eigenvalue weighted by Crippen LogP contribution is 2.15. The highest BCUT2D eigenvalue weighted by Gasteiger charge is 1.99. The Bertz CT molecular complexity index is 449. The van der Waals surface area contributed by atoms with E-state index in [9.17, 15) is 0 Å². The first-order valence-electron chi connectivity index (χ1n) is 42.1. The largest absolute Gasteiger partial charge is 0.381 e. The molecule has 610 valence electrons. The van der Waals surface area contributed by atoms with Gasteiger partial charge < -0.3 is 53.8 Å². The van der Waals surface area contributed by atoms with E-state index in [0.717, 1.165) is 112 Å². The van der Waals surface area contributed by atoms with Crippen LogP contribution in [0.15, 0.2) is 0 Å². The van der Waals surface area contributed by atoms with Gasteiger partial charge in [-0.3, -0.25) is 5.32 Å². The molecule has 0 unspecified atom stereocenters. The summed E-state index contributed by atoms with van der Waals surface area (Å²) in [6.45, 7) is 101. The third-order valence-electron chi connectivity index (χ3n) is 8.73. The van der Waals surface area contributed by atoms with Crippen LogP contribution in [0.25, 0.3) is 0 Å². The van der Waals surface area contributed by atoms with Gasteiger partial charge in [-0.1, -0.05) is 290 Å². The molecule has 0 aliphatic carbocycles. The Morgan fingerprint density at radius 1 is 0.158 bits per heavy atom. The minimum atomic E-state index is 0.500. The van der Waals surface area contributed by atoms with Crippen LogP contribution in [-0.4, -0.2) is 168 Å². The standard InChI is InChI=1S/C5H11N.C5H10O.C5H10S.C4H9NO.C4H9N.C4H8O2.C4H8O.C4H8S.C3H7NO.C3H6O2.20C2H6/c3*1-2-4-6-5-3-1;1-3-6-4-2-5-1;1-2-4-5-3-1;1-2-6-4-3-5-1;2*1-2-4-5-3-1;2*1-2-5-3-4-1;20*1-2/h6H,1-5H2;2*1-5H2;5H,1-4H2;5H,1-4H2;1-4H2;2*1-4H2;4H,1-3H2;1-3H2;20*1-2H3. The summed E-state index contributed by atoms with van der Waals surface area (Å²) < 4.78 is 39.2. The number of thioether (sulfide) groups is 2. The van der Waals surface area contributed by atoms with E-state index < -0.39 is 0 Å². The Kier molecular flexibility index (Phi) is 422. The summed E-state index contributed by atoms with van der Waals surface area (Å²) in [4.78, 5) is 0. The lowest BCUT2D eigenvalue weighted by Crippen LogP contribution is -2.30.